The van der Waals surface area contributed by atoms with Crippen LogP contribution in [0.1, 0.15) is 20.3 Å². The van der Waals surface area contributed by atoms with Crippen LogP contribution < -0.4 is 10.6 Å². The number of carbonyl (C=O) groups excluding carboxylic acids is 1. The van der Waals surface area contributed by atoms with Gasteiger partial charge in [-0.1, -0.05) is 6.92 Å². The Bertz CT molecular complexity index is 280. The third-order valence-electron chi connectivity index (χ3n) is 2.86. The Labute approximate surface area is 94.0 Å². The summed E-state index contributed by atoms with van der Waals surface area (Å²) >= 11 is 0. The van der Waals surface area contributed by atoms with Gasteiger partial charge in [0.1, 0.15) is 0 Å². The molecule has 0 aromatic rings. The van der Waals surface area contributed by atoms with Gasteiger partial charge in [-0.15, -0.1) is 0 Å². The number of hydrogen-bond donors (Lipinski definition) is 4. The van der Waals surface area contributed by atoms with Gasteiger partial charge in [0.25, 0.3) is 0 Å². The van der Waals surface area contributed by atoms with Crippen molar-refractivity contribution in [3.05, 3.63) is 0 Å². The van der Waals surface area contributed by atoms with Crippen LogP contribution >= 0.6 is 0 Å². The molecule has 4 N–H and O–H groups in total. The van der Waals surface area contributed by atoms with Crippen LogP contribution in [0.2, 0.25) is 0 Å². The number of aliphatic carboxylic acids is 1. The highest BCUT2D eigenvalue weighted by Gasteiger charge is 2.33. The normalized spacial score (nSPS) is 28.4. The van der Waals surface area contributed by atoms with Crippen molar-refractivity contribution in [3.63, 3.8) is 0 Å². The van der Waals surface area contributed by atoms with Gasteiger partial charge in [0.05, 0.1) is 12.1 Å². The van der Waals surface area contributed by atoms with Crippen LogP contribution in [0.4, 0.5) is 0 Å². The fraction of sp³-hybridized carbons (Fsp3) is 0.800. The maximum atomic E-state index is 11.7. The number of aliphatic hydroxyl groups is 1. The Kier molecular flexibility index (Phi) is 4.26. The Morgan fingerprint density at radius 3 is 2.50 bits per heavy atom. The number of carboxylic acid groups (broad SMARTS) is 1. The third kappa shape index (κ3) is 2.93. The van der Waals surface area contributed by atoms with Gasteiger partial charge in [0, 0.05) is 0 Å². The highest BCUT2D eigenvalue weighted by molar-refractivity contribution is 5.87. The van der Waals surface area contributed by atoms with E-state index in [1.165, 1.54) is 6.92 Å². The molecule has 16 heavy (non-hydrogen) atoms. The summed E-state index contributed by atoms with van der Waals surface area (Å²) in [7, 11) is 0. The van der Waals surface area contributed by atoms with Crippen molar-refractivity contribution in [3.8, 4) is 0 Å². The smallest absolute Gasteiger partial charge is 0.328 e. The molecule has 6 nitrogen and oxygen atoms in total. The minimum absolute atomic E-state index is 0.184. The van der Waals surface area contributed by atoms with E-state index in [1.807, 2.05) is 6.92 Å². The molecule has 0 saturated carbocycles. The summed E-state index contributed by atoms with van der Waals surface area (Å²) in [4.78, 5) is 22.5. The summed E-state index contributed by atoms with van der Waals surface area (Å²) in [5, 5.41) is 23.4. The van der Waals surface area contributed by atoms with Crippen LogP contribution in [0.5, 0.6) is 0 Å². The lowest BCUT2D eigenvalue weighted by Gasteiger charge is -2.21. The van der Waals surface area contributed by atoms with Crippen LogP contribution in [-0.2, 0) is 9.59 Å². The molecule has 1 heterocycles. The van der Waals surface area contributed by atoms with E-state index in [2.05, 4.69) is 10.6 Å². The number of hydrogen-bond acceptors (Lipinski definition) is 4. The second kappa shape index (κ2) is 5.27. The highest BCUT2D eigenvalue weighted by Crippen LogP contribution is 2.14. The molecular weight excluding hydrogens is 212 g/mol. The largest absolute Gasteiger partial charge is 0.480 e. The summed E-state index contributed by atoms with van der Waals surface area (Å²) in [6.07, 6.45) is -0.219. The van der Waals surface area contributed by atoms with Crippen LogP contribution in [0.15, 0.2) is 0 Å². The molecule has 0 bridgehead atoms. The molecule has 92 valence electrons. The topological polar surface area (TPSA) is 98.7 Å². The average Bonchev–Trinajstić information content (AvgIpc) is 2.59. The maximum Gasteiger partial charge on any atom is 0.328 e. The quantitative estimate of drug-likeness (QED) is 0.493. The Hall–Kier alpha value is -1.14. The van der Waals surface area contributed by atoms with Crippen molar-refractivity contribution in [2.24, 2.45) is 5.92 Å². The number of nitrogens with one attached hydrogen (secondary N) is 2. The molecule has 4 atom stereocenters. The van der Waals surface area contributed by atoms with E-state index in [1.54, 1.807) is 0 Å². The Morgan fingerprint density at radius 1 is 1.50 bits per heavy atom. The minimum Gasteiger partial charge on any atom is -0.480 e. The second-order valence-electron chi connectivity index (χ2n) is 4.26. The van der Waals surface area contributed by atoms with E-state index in [9.17, 15) is 14.7 Å². The Balaban J connectivity index is 2.58. The molecule has 6 heteroatoms. The fourth-order valence-corrected chi connectivity index (χ4v) is 1.82. The molecule has 1 saturated heterocycles. The predicted octanol–water partition coefficient (Wildman–Crippen LogP) is -1.07. The number of aliphatic hydroxyl groups excluding tert-OH is 1. The molecule has 1 aliphatic heterocycles. The summed E-state index contributed by atoms with van der Waals surface area (Å²) in [5.74, 6) is -1.41. The summed E-state index contributed by atoms with van der Waals surface area (Å²) < 4.78 is 0. The molecule has 0 aromatic heterocycles. The molecule has 0 aliphatic carbocycles. The van der Waals surface area contributed by atoms with Crippen molar-refractivity contribution >= 4 is 11.9 Å². The van der Waals surface area contributed by atoms with Gasteiger partial charge in [-0.25, -0.2) is 4.79 Å². The van der Waals surface area contributed by atoms with E-state index in [4.69, 9.17) is 5.11 Å². The van der Waals surface area contributed by atoms with Gasteiger partial charge in [-0.05, 0) is 25.8 Å². The lowest BCUT2D eigenvalue weighted by molar-refractivity contribution is -0.145. The number of rotatable bonds is 4. The monoisotopic (exact) mass is 230 g/mol. The first-order chi connectivity index (χ1) is 7.43. The number of amides is 1. The molecule has 4 unspecified atom stereocenters. The van der Waals surface area contributed by atoms with Crippen molar-refractivity contribution in [2.45, 2.75) is 38.5 Å². The lowest BCUT2D eigenvalue weighted by atomic mass is 10.0. The zero-order valence-electron chi connectivity index (χ0n) is 9.43. The second-order valence-corrected chi connectivity index (χ2v) is 4.26. The van der Waals surface area contributed by atoms with Gasteiger partial charge >= 0.3 is 5.97 Å². The molecule has 0 aromatic carbocycles. The van der Waals surface area contributed by atoms with Gasteiger partial charge in [0.15, 0.2) is 6.04 Å². The highest BCUT2D eigenvalue weighted by atomic mass is 16.4. The first kappa shape index (κ1) is 12.9. The number of carboxylic acids is 1. The predicted molar refractivity (Wildman–Crippen MR) is 56.8 cm³/mol. The summed E-state index contributed by atoms with van der Waals surface area (Å²) in [5.41, 5.74) is 0. The van der Waals surface area contributed by atoms with Crippen molar-refractivity contribution < 1.29 is 19.8 Å². The summed E-state index contributed by atoms with van der Waals surface area (Å²) in [6.45, 7) is 4.03. The molecule has 1 fully saturated rings. The molecule has 1 rings (SSSR count). The average molecular weight is 230 g/mol. The van der Waals surface area contributed by atoms with E-state index < -0.39 is 18.1 Å². The molecule has 0 spiro atoms. The number of carbonyl (C=O) groups is 2. The lowest BCUT2D eigenvalue weighted by Crippen LogP contribution is -2.53. The van der Waals surface area contributed by atoms with Crippen LogP contribution in [-0.4, -0.2) is 46.8 Å². The van der Waals surface area contributed by atoms with Gasteiger partial charge in [0.2, 0.25) is 5.91 Å². The van der Waals surface area contributed by atoms with Gasteiger partial charge in [-0.3, -0.25) is 4.79 Å². The van der Waals surface area contributed by atoms with Crippen molar-refractivity contribution in [1.82, 2.24) is 10.6 Å². The third-order valence-corrected chi connectivity index (χ3v) is 2.86. The first-order valence-electron chi connectivity index (χ1n) is 5.38. The maximum absolute atomic E-state index is 11.7. The van der Waals surface area contributed by atoms with Crippen LogP contribution in [0.25, 0.3) is 0 Å². The Morgan fingerprint density at radius 2 is 2.12 bits per heavy atom. The SMILES string of the molecule is CC(O)C(NC(=O)C1NCCC1C)C(=O)O. The standard InChI is InChI=1S/C10H18N2O4/c1-5-3-4-11-7(5)9(14)12-8(6(2)13)10(15)16/h5-8,11,13H,3-4H2,1-2H3,(H,12,14)(H,15,16). The van der Waals surface area contributed by atoms with E-state index in [-0.39, 0.29) is 17.9 Å². The molecule has 1 aliphatic rings. The summed E-state index contributed by atoms with van der Waals surface area (Å²) in [6, 6.07) is -1.61. The first-order valence-corrected chi connectivity index (χ1v) is 5.38. The minimum atomic E-state index is -1.25. The van der Waals surface area contributed by atoms with Gasteiger partial charge in [-0.2, -0.15) is 0 Å². The molecule has 1 amide bonds. The molecular formula is C10H18N2O4. The van der Waals surface area contributed by atoms with Crippen LogP contribution in [0, 0.1) is 5.92 Å². The fourth-order valence-electron chi connectivity index (χ4n) is 1.82. The van der Waals surface area contributed by atoms with Crippen LogP contribution in [0.3, 0.4) is 0 Å². The van der Waals surface area contributed by atoms with E-state index in [0.717, 1.165) is 13.0 Å². The van der Waals surface area contributed by atoms with Crippen molar-refractivity contribution in [2.75, 3.05) is 6.54 Å². The van der Waals surface area contributed by atoms with E-state index in [0.29, 0.717) is 0 Å². The van der Waals surface area contributed by atoms with Crippen molar-refractivity contribution in [1.29, 1.82) is 0 Å². The zero-order chi connectivity index (χ0) is 12.3. The van der Waals surface area contributed by atoms with Gasteiger partial charge < -0.3 is 20.8 Å². The zero-order valence-corrected chi connectivity index (χ0v) is 9.43. The molecule has 0 radical (unpaired) electrons. The van der Waals surface area contributed by atoms with E-state index >= 15 is 0 Å².